The van der Waals surface area contributed by atoms with Crippen molar-refractivity contribution in [1.82, 2.24) is 5.32 Å². The number of hydrogen-bond acceptors (Lipinski definition) is 2. The van der Waals surface area contributed by atoms with E-state index in [4.69, 9.17) is 4.74 Å². The van der Waals surface area contributed by atoms with Crippen molar-refractivity contribution in [2.75, 3.05) is 19.8 Å². The Hall–Kier alpha value is -0.0800. The van der Waals surface area contributed by atoms with Crippen LogP contribution in [0.5, 0.6) is 0 Å². The molecule has 1 N–H and O–H groups in total. The summed E-state index contributed by atoms with van der Waals surface area (Å²) in [6.07, 6.45) is 9.93. The van der Waals surface area contributed by atoms with Crippen molar-refractivity contribution in [2.24, 2.45) is 23.7 Å². The van der Waals surface area contributed by atoms with Crippen molar-refractivity contribution in [3.05, 3.63) is 0 Å². The molecule has 0 aromatic carbocycles. The van der Waals surface area contributed by atoms with Crippen molar-refractivity contribution in [3.63, 3.8) is 0 Å². The van der Waals surface area contributed by atoms with E-state index in [1.807, 2.05) is 0 Å². The molecular formula is C16H29NO. The summed E-state index contributed by atoms with van der Waals surface area (Å²) in [7, 11) is 0. The minimum absolute atomic E-state index is 0.848. The van der Waals surface area contributed by atoms with E-state index in [-0.39, 0.29) is 0 Å². The predicted octanol–water partition coefficient (Wildman–Crippen LogP) is 3.22. The number of rotatable bonds is 7. The molecule has 0 aromatic heterocycles. The topological polar surface area (TPSA) is 21.3 Å². The van der Waals surface area contributed by atoms with Crippen LogP contribution in [0.15, 0.2) is 0 Å². The van der Waals surface area contributed by atoms with Crippen LogP contribution in [-0.4, -0.2) is 25.8 Å². The quantitative estimate of drug-likeness (QED) is 0.702. The molecule has 0 aromatic rings. The molecule has 0 heterocycles. The Bertz CT molecular complexity index is 268. The highest BCUT2D eigenvalue weighted by molar-refractivity contribution is 5.05. The summed E-state index contributed by atoms with van der Waals surface area (Å²) in [5.41, 5.74) is 0. The Morgan fingerprint density at radius 3 is 2.83 bits per heavy atom. The molecule has 0 amide bonds. The first kappa shape index (κ1) is 12.9. The summed E-state index contributed by atoms with van der Waals surface area (Å²) < 4.78 is 5.54. The van der Waals surface area contributed by atoms with Crippen LogP contribution in [-0.2, 0) is 4.74 Å². The molecule has 0 aliphatic heterocycles. The van der Waals surface area contributed by atoms with E-state index in [0.29, 0.717) is 0 Å². The molecule has 3 aliphatic carbocycles. The Labute approximate surface area is 112 Å². The van der Waals surface area contributed by atoms with Gasteiger partial charge in [0.25, 0.3) is 0 Å². The Kier molecular flexibility index (Phi) is 4.25. The van der Waals surface area contributed by atoms with Gasteiger partial charge >= 0.3 is 0 Å². The zero-order valence-electron chi connectivity index (χ0n) is 11.9. The maximum atomic E-state index is 5.54. The number of hydrogen-bond donors (Lipinski definition) is 1. The molecule has 0 saturated heterocycles. The van der Waals surface area contributed by atoms with Crippen LogP contribution in [0.2, 0.25) is 0 Å². The standard InChI is InChI=1S/C16H29NO/c1-2-8-18-9-4-7-17-16-11-12-10-15(16)14-6-3-5-13(12)14/h12-17H,2-11H2,1H3. The van der Waals surface area contributed by atoms with Crippen LogP contribution in [0.25, 0.3) is 0 Å². The molecule has 18 heavy (non-hydrogen) atoms. The van der Waals surface area contributed by atoms with Gasteiger partial charge in [-0.05, 0) is 68.7 Å². The van der Waals surface area contributed by atoms with Gasteiger partial charge in [-0.2, -0.15) is 0 Å². The van der Waals surface area contributed by atoms with Crippen LogP contribution < -0.4 is 5.32 Å². The maximum absolute atomic E-state index is 5.54. The second-order valence-electron chi connectivity index (χ2n) is 6.68. The number of fused-ring (bicyclic) bond motifs is 5. The lowest BCUT2D eigenvalue weighted by molar-refractivity contribution is 0.129. The van der Waals surface area contributed by atoms with Gasteiger partial charge in [0.05, 0.1) is 0 Å². The van der Waals surface area contributed by atoms with Crippen LogP contribution in [0.3, 0.4) is 0 Å². The number of nitrogens with one attached hydrogen (secondary N) is 1. The molecule has 0 spiro atoms. The summed E-state index contributed by atoms with van der Waals surface area (Å²) in [6.45, 7) is 5.20. The fourth-order valence-corrected chi connectivity index (χ4v) is 5.01. The third-order valence-electron chi connectivity index (χ3n) is 5.65. The zero-order chi connectivity index (χ0) is 12.4. The highest BCUT2D eigenvalue weighted by Crippen LogP contribution is 2.58. The molecule has 2 heteroatoms. The van der Waals surface area contributed by atoms with Crippen LogP contribution >= 0.6 is 0 Å². The average molecular weight is 251 g/mol. The largest absolute Gasteiger partial charge is 0.381 e. The fraction of sp³-hybridized carbons (Fsp3) is 1.00. The van der Waals surface area contributed by atoms with Gasteiger partial charge in [0.1, 0.15) is 0 Å². The molecule has 5 unspecified atom stereocenters. The van der Waals surface area contributed by atoms with E-state index in [9.17, 15) is 0 Å². The number of ether oxygens (including phenoxy) is 1. The molecular weight excluding hydrogens is 222 g/mol. The lowest BCUT2D eigenvalue weighted by Gasteiger charge is -2.32. The molecule has 3 rings (SSSR count). The summed E-state index contributed by atoms with van der Waals surface area (Å²) in [5.74, 6) is 4.33. The van der Waals surface area contributed by atoms with Gasteiger partial charge in [0.2, 0.25) is 0 Å². The van der Waals surface area contributed by atoms with E-state index >= 15 is 0 Å². The summed E-state index contributed by atoms with van der Waals surface area (Å²) in [4.78, 5) is 0. The van der Waals surface area contributed by atoms with Crippen LogP contribution in [0.1, 0.15) is 51.9 Å². The predicted molar refractivity (Wildman–Crippen MR) is 74.6 cm³/mol. The minimum Gasteiger partial charge on any atom is -0.381 e. The summed E-state index contributed by atoms with van der Waals surface area (Å²) in [6, 6.07) is 0.848. The lowest BCUT2D eigenvalue weighted by Crippen LogP contribution is -2.39. The maximum Gasteiger partial charge on any atom is 0.0478 e. The van der Waals surface area contributed by atoms with Gasteiger partial charge in [-0.15, -0.1) is 0 Å². The monoisotopic (exact) mass is 251 g/mol. The third kappa shape index (κ3) is 2.46. The normalized spacial score (nSPS) is 41.5. The molecule has 104 valence electrons. The van der Waals surface area contributed by atoms with Crippen molar-refractivity contribution >= 4 is 0 Å². The summed E-state index contributed by atoms with van der Waals surface area (Å²) in [5, 5.41) is 3.82. The van der Waals surface area contributed by atoms with Crippen molar-refractivity contribution in [3.8, 4) is 0 Å². The van der Waals surface area contributed by atoms with Gasteiger partial charge in [0, 0.05) is 19.3 Å². The second-order valence-corrected chi connectivity index (χ2v) is 6.68. The average Bonchev–Trinajstić information content (AvgIpc) is 3.04. The van der Waals surface area contributed by atoms with Crippen LogP contribution in [0, 0.1) is 23.7 Å². The van der Waals surface area contributed by atoms with Gasteiger partial charge < -0.3 is 10.1 Å². The van der Waals surface area contributed by atoms with E-state index in [1.165, 1.54) is 25.7 Å². The van der Waals surface area contributed by atoms with Crippen molar-refractivity contribution in [1.29, 1.82) is 0 Å². The zero-order valence-corrected chi connectivity index (χ0v) is 11.9. The van der Waals surface area contributed by atoms with E-state index < -0.39 is 0 Å². The second kappa shape index (κ2) is 5.92. The first-order chi connectivity index (χ1) is 8.90. The highest BCUT2D eigenvalue weighted by atomic mass is 16.5. The van der Waals surface area contributed by atoms with E-state index in [2.05, 4.69) is 12.2 Å². The van der Waals surface area contributed by atoms with Gasteiger partial charge in [-0.1, -0.05) is 13.3 Å². The lowest BCUT2D eigenvalue weighted by atomic mass is 9.79. The molecule has 2 bridgehead atoms. The Morgan fingerprint density at radius 2 is 1.94 bits per heavy atom. The molecule has 3 saturated carbocycles. The fourth-order valence-electron chi connectivity index (χ4n) is 5.01. The summed E-state index contributed by atoms with van der Waals surface area (Å²) >= 11 is 0. The van der Waals surface area contributed by atoms with E-state index in [0.717, 1.165) is 55.9 Å². The van der Waals surface area contributed by atoms with Crippen molar-refractivity contribution < 1.29 is 4.74 Å². The van der Waals surface area contributed by atoms with Gasteiger partial charge in [-0.25, -0.2) is 0 Å². The van der Waals surface area contributed by atoms with Gasteiger partial charge in [0.15, 0.2) is 0 Å². The SMILES string of the molecule is CCCOCCCNC1CC2CC1C1CCCC21. The van der Waals surface area contributed by atoms with Gasteiger partial charge in [-0.3, -0.25) is 0 Å². The minimum atomic E-state index is 0.848. The third-order valence-corrected chi connectivity index (χ3v) is 5.65. The Balaban J connectivity index is 1.35. The molecule has 2 nitrogen and oxygen atoms in total. The van der Waals surface area contributed by atoms with Crippen molar-refractivity contribution in [2.45, 2.75) is 57.9 Å². The molecule has 3 fully saturated rings. The first-order valence-corrected chi connectivity index (χ1v) is 8.21. The van der Waals surface area contributed by atoms with Crippen LogP contribution in [0.4, 0.5) is 0 Å². The van der Waals surface area contributed by atoms with E-state index in [1.54, 1.807) is 12.8 Å². The Morgan fingerprint density at radius 1 is 1.06 bits per heavy atom. The molecule has 0 radical (unpaired) electrons. The highest BCUT2D eigenvalue weighted by Gasteiger charge is 2.53. The molecule has 3 aliphatic rings. The molecule has 5 atom stereocenters. The smallest absolute Gasteiger partial charge is 0.0478 e. The first-order valence-electron chi connectivity index (χ1n) is 8.21.